The fraction of sp³-hybridized carbons (Fsp3) is 0.167. The first kappa shape index (κ1) is 16.2. The molecule has 0 bridgehead atoms. The van der Waals surface area contributed by atoms with Gasteiger partial charge in [-0.25, -0.2) is 0 Å². The third kappa shape index (κ3) is 2.67. The quantitative estimate of drug-likeness (QED) is 0.855. The van der Waals surface area contributed by atoms with Gasteiger partial charge in [-0.2, -0.15) is 0 Å². The lowest BCUT2D eigenvalue weighted by atomic mass is 10.0. The molecule has 1 aliphatic heterocycles. The number of anilines is 1. The van der Waals surface area contributed by atoms with Gasteiger partial charge in [-0.3, -0.25) is 4.79 Å². The average molecular weight is 346 g/mol. The van der Waals surface area contributed by atoms with Gasteiger partial charge >= 0.3 is 0 Å². The highest BCUT2D eigenvalue weighted by atomic mass is 35.5. The number of ether oxygens (including phenoxy) is 3. The molecule has 6 heteroatoms. The van der Waals surface area contributed by atoms with Crippen molar-refractivity contribution in [2.24, 2.45) is 0 Å². The number of fused-ring (bicyclic) bond motifs is 1. The molecule has 24 heavy (non-hydrogen) atoms. The zero-order valence-corrected chi connectivity index (χ0v) is 14.2. The van der Waals surface area contributed by atoms with Crippen molar-refractivity contribution in [3.05, 3.63) is 46.5 Å². The Balaban J connectivity index is 2.16. The fourth-order valence-corrected chi connectivity index (χ4v) is 2.87. The highest BCUT2D eigenvalue weighted by Gasteiger charge is 2.25. The molecule has 0 fully saturated rings. The normalized spacial score (nSPS) is 14.3. The van der Waals surface area contributed by atoms with Crippen LogP contribution in [0.4, 0.5) is 5.69 Å². The van der Waals surface area contributed by atoms with Gasteiger partial charge in [0.25, 0.3) is 5.91 Å². The smallest absolute Gasteiger partial charge is 0.256 e. The molecule has 124 valence electrons. The second-order valence-electron chi connectivity index (χ2n) is 5.13. The lowest BCUT2D eigenvalue weighted by molar-refractivity contribution is -0.110. The Morgan fingerprint density at radius 3 is 2.42 bits per heavy atom. The van der Waals surface area contributed by atoms with E-state index in [1.54, 1.807) is 44.6 Å². The molecule has 1 heterocycles. The molecule has 0 unspecified atom stereocenters. The number of methoxy groups -OCH3 is 3. The maximum atomic E-state index is 12.3. The van der Waals surface area contributed by atoms with E-state index in [0.717, 1.165) is 11.3 Å². The van der Waals surface area contributed by atoms with Crippen LogP contribution in [0.1, 0.15) is 11.1 Å². The largest absolute Gasteiger partial charge is 0.493 e. The van der Waals surface area contributed by atoms with E-state index in [-0.39, 0.29) is 5.91 Å². The van der Waals surface area contributed by atoms with Gasteiger partial charge in [0.1, 0.15) is 0 Å². The molecule has 0 radical (unpaired) electrons. The van der Waals surface area contributed by atoms with Crippen LogP contribution in [0.25, 0.3) is 11.6 Å². The minimum absolute atomic E-state index is 0.191. The Hall–Kier alpha value is -2.66. The van der Waals surface area contributed by atoms with Crippen LogP contribution >= 0.6 is 11.6 Å². The number of hydrogen-bond donors (Lipinski definition) is 1. The topological polar surface area (TPSA) is 56.8 Å². The van der Waals surface area contributed by atoms with Crippen LogP contribution in [-0.2, 0) is 4.79 Å². The van der Waals surface area contributed by atoms with E-state index in [1.807, 2.05) is 6.07 Å². The summed E-state index contributed by atoms with van der Waals surface area (Å²) in [7, 11) is 4.63. The third-order valence-electron chi connectivity index (χ3n) is 3.80. The summed E-state index contributed by atoms with van der Waals surface area (Å²) in [5, 5.41) is 3.39. The molecule has 0 atom stereocenters. The first-order valence-corrected chi connectivity index (χ1v) is 7.58. The van der Waals surface area contributed by atoms with Crippen molar-refractivity contribution in [1.82, 2.24) is 0 Å². The lowest BCUT2D eigenvalue weighted by Gasteiger charge is -2.14. The molecule has 0 saturated heterocycles. The molecular weight excluding hydrogens is 330 g/mol. The van der Waals surface area contributed by atoms with Crippen LogP contribution in [0.3, 0.4) is 0 Å². The Morgan fingerprint density at radius 2 is 1.75 bits per heavy atom. The highest BCUT2D eigenvalue weighted by Crippen LogP contribution is 2.42. The van der Waals surface area contributed by atoms with Gasteiger partial charge < -0.3 is 19.5 Å². The number of carbonyl (C=O) groups excluding carboxylic acids is 1. The van der Waals surface area contributed by atoms with Crippen molar-refractivity contribution in [3.63, 3.8) is 0 Å². The SMILES string of the molecule is COc1ccc(/C=C2/C(=O)Nc3ccc(Cl)cc32)c(OC)c1OC. The monoisotopic (exact) mass is 345 g/mol. The van der Waals surface area contributed by atoms with E-state index in [2.05, 4.69) is 5.32 Å². The molecule has 0 aliphatic carbocycles. The minimum Gasteiger partial charge on any atom is -0.493 e. The zero-order chi connectivity index (χ0) is 17.3. The van der Waals surface area contributed by atoms with Crippen LogP contribution in [0, 0.1) is 0 Å². The van der Waals surface area contributed by atoms with Crippen LogP contribution in [-0.4, -0.2) is 27.2 Å². The molecular formula is C18H16ClNO4. The summed E-state index contributed by atoms with van der Waals surface area (Å²) >= 11 is 6.06. The molecule has 2 aromatic rings. The second kappa shape index (κ2) is 6.45. The third-order valence-corrected chi connectivity index (χ3v) is 4.03. The first-order valence-electron chi connectivity index (χ1n) is 7.21. The van der Waals surface area contributed by atoms with Crippen LogP contribution in [0.2, 0.25) is 5.02 Å². The Morgan fingerprint density at radius 1 is 1.00 bits per heavy atom. The summed E-state index contributed by atoms with van der Waals surface area (Å²) in [4.78, 5) is 12.3. The molecule has 0 aromatic heterocycles. The van der Waals surface area contributed by atoms with Crippen molar-refractivity contribution in [3.8, 4) is 17.2 Å². The Labute approximate surface area is 144 Å². The van der Waals surface area contributed by atoms with Crippen molar-refractivity contribution in [2.45, 2.75) is 0 Å². The molecule has 0 spiro atoms. The van der Waals surface area contributed by atoms with E-state index >= 15 is 0 Å². The lowest BCUT2D eigenvalue weighted by Crippen LogP contribution is -2.04. The van der Waals surface area contributed by atoms with E-state index < -0.39 is 0 Å². The Kier molecular flexibility index (Phi) is 4.36. The Bertz CT molecular complexity index is 845. The number of benzene rings is 2. The average Bonchev–Trinajstić information content (AvgIpc) is 2.89. The van der Waals surface area contributed by atoms with Crippen molar-refractivity contribution >= 4 is 34.8 Å². The number of amides is 1. The van der Waals surface area contributed by atoms with Gasteiger partial charge in [0.05, 0.1) is 21.3 Å². The summed E-state index contributed by atoms with van der Waals surface area (Å²) in [5.74, 6) is 1.33. The fourth-order valence-electron chi connectivity index (χ4n) is 2.70. The van der Waals surface area contributed by atoms with Crippen LogP contribution in [0.15, 0.2) is 30.3 Å². The number of halogens is 1. The van der Waals surface area contributed by atoms with Crippen molar-refractivity contribution < 1.29 is 19.0 Å². The summed E-state index contributed by atoms with van der Waals surface area (Å²) < 4.78 is 16.1. The standard InChI is InChI=1S/C18H16ClNO4/c1-22-15-7-4-10(16(23-2)17(15)24-3)8-13-12-9-11(19)5-6-14(12)20-18(13)21/h4-9H,1-3H3,(H,20,21)/b13-8+. The maximum Gasteiger partial charge on any atom is 0.256 e. The predicted molar refractivity (Wildman–Crippen MR) is 94.1 cm³/mol. The van der Waals surface area contributed by atoms with Gasteiger partial charge in [-0.15, -0.1) is 0 Å². The van der Waals surface area contributed by atoms with Gasteiger partial charge in [0, 0.05) is 27.4 Å². The molecule has 1 amide bonds. The van der Waals surface area contributed by atoms with Gasteiger partial charge in [0.15, 0.2) is 11.5 Å². The zero-order valence-electron chi connectivity index (χ0n) is 13.5. The molecule has 0 saturated carbocycles. The highest BCUT2D eigenvalue weighted by molar-refractivity contribution is 6.36. The number of hydrogen-bond acceptors (Lipinski definition) is 4. The van der Waals surface area contributed by atoms with E-state index in [4.69, 9.17) is 25.8 Å². The molecule has 2 aromatic carbocycles. The predicted octanol–water partition coefficient (Wildman–Crippen LogP) is 3.86. The summed E-state index contributed by atoms with van der Waals surface area (Å²) in [6.45, 7) is 0. The van der Waals surface area contributed by atoms with Gasteiger partial charge in [-0.05, 0) is 36.4 Å². The second-order valence-corrected chi connectivity index (χ2v) is 5.56. The molecule has 5 nitrogen and oxygen atoms in total. The maximum absolute atomic E-state index is 12.3. The molecule has 1 N–H and O–H groups in total. The first-order chi connectivity index (χ1) is 11.6. The van der Waals surface area contributed by atoms with Gasteiger partial charge in [0.2, 0.25) is 5.75 Å². The van der Waals surface area contributed by atoms with Crippen molar-refractivity contribution in [2.75, 3.05) is 26.6 Å². The van der Waals surface area contributed by atoms with E-state index in [1.165, 1.54) is 7.11 Å². The summed E-state index contributed by atoms with van der Waals surface area (Å²) in [6.07, 6.45) is 1.75. The summed E-state index contributed by atoms with van der Waals surface area (Å²) in [6, 6.07) is 8.85. The minimum atomic E-state index is -0.191. The van der Waals surface area contributed by atoms with E-state index in [0.29, 0.717) is 33.4 Å². The van der Waals surface area contributed by atoms with Crippen LogP contribution < -0.4 is 19.5 Å². The molecule has 3 rings (SSSR count). The van der Waals surface area contributed by atoms with Crippen LogP contribution in [0.5, 0.6) is 17.2 Å². The number of carbonyl (C=O) groups is 1. The van der Waals surface area contributed by atoms with Gasteiger partial charge in [-0.1, -0.05) is 11.6 Å². The molecule has 1 aliphatic rings. The van der Waals surface area contributed by atoms with Crippen molar-refractivity contribution in [1.29, 1.82) is 0 Å². The van der Waals surface area contributed by atoms with E-state index in [9.17, 15) is 4.79 Å². The number of nitrogens with one attached hydrogen (secondary N) is 1. The summed E-state index contributed by atoms with van der Waals surface area (Å²) in [5.41, 5.74) is 2.70. The number of rotatable bonds is 4.